The zero-order valence-electron chi connectivity index (χ0n) is 14.9. The van der Waals surface area contributed by atoms with Crippen molar-refractivity contribution in [3.8, 4) is 5.75 Å². The third-order valence-electron chi connectivity index (χ3n) is 2.88. The fourth-order valence-corrected chi connectivity index (χ4v) is 2.65. The molecule has 0 saturated carbocycles. The van der Waals surface area contributed by atoms with Crippen LogP contribution in [0.15, 0.2) is 24.3 Å². The molecule has 0 atom stereocenters. The van der Waals surface area contributed by atoms with Gasteiger partial charge >= 0.3 is 11.9 Å². The molecule has 1 amide bonds. The third kappa shape index (κ3) is 8.37. The zero-order valence-corrected chi connectivity index (χ0v) is 15.7. The molecule has 0 spiro atoms. The number of nitrogens with zero attached hydrogens (tertiary/aromatic N) is 2. The molecule has 7 nitrogen and oxygen atoms in total. The Labute approximate surface area is 151 Å². The Morgan fingerprint density at radius 3 is 2.40 bits per heavy atom. The summed E-state index contributed by atoms with van der Waals surface area (Å²) < 4.78 is 10.1. The minimum atomic E-state index is -0.834. The summed E-state index contributed by atoms with van der Waals surface area (Å²) in [6.07, 6.45) is -0.699. The van der Waals surface area contributed by atoms with Gasteiger partial charge in [0.05, 0.1) is 7.11 Å². The van der Waals surface area contributed by atoms with Crippen molar-refractivity contribution < 1.29 is 23.9 Å². The van der Waals surface area contributed by atoms with E-state index in [0.29, 0.717) is 5.75 Å². The van der Waals surface area contributed by atoms with Gasteiger partial charge in [-0.2, -0.15) is 21.9 Å². The number of amidine groups is 1. The van der Waals surface area contributed by atoms with Gasteiger partial charge in [0.2, 0.25) is 0 Å². The number of alkyl carbamates (subject to hydrolysis) is 1. The monoisotopic (exact) mass is 365 g/mol. The fraction of sp³-hybridized carbons (Fsp3) is 0.471. The van der Waals surface area contributed by atoms with Gasteiger partial charge in [-0.25, -0.2) is 0 Å². The van der Waals surface area contributed by atoms with Gasteiger partial charge in [0.25, 0.3) is 5.78 Å². The summed E-state index contributed by atoms with van der Waals surface area (Å²) in [6, 6.07) is 7.67. The van der Waals surface area contributed by atoms with Crippen molar-refractivity contribution in [3.63, 3.8) is 0 Å². The number of hydrogen-bond acceptors (Lipinski definition) is 5. The Bertz CT molecular complexity index is 647. The van der Waals surface area contributed by atoms with Crippen molar-refractivity contribution in [2.45, 2.75) is 38.5 Å². The van der Waals surface area contributed by atoms with E-state index in [2.05, 4.69) is 10.1 Å². The molecule has 0 aliphatic carbocycles. The number of carbonyl (C=O) groups is 2. The standard InChI is InChI=1S/C17H23N3O4S/c1-17(2,3)24-16(22)19-15(20-18)14(21)9-10-25-11-12-5-7-13(23-4)8-6-12/h5-8H,9-11H2,1-4H3,(H,19,22). The molecule has 0 unspecified atom stereocenters. The number of benzene rings is 1. The lowest BCUT2D eigenvalue weighted by atomic mass is 10.2. The highest BCUT2D eigenvalue weighted by Gasteiger charge is 2.26. The van der Waals surface area contributed by atoms with E-state index >= 15 is 0 Å². The van der Waals surface area contributed by atoms with Gasteiger partial charge in [0, 0.05) is 17.9 Å². The second-order valence-corrected chi connectivity index (χ2v) is 7.25. The van der Waals surface area contributed by atoms with E-state index in [4.69, 9.17) is 15.0 Å². The molecular formula is C17H23N3O4S. The second kappa shape index (κ2) is 9.86. The van der Waals surface area contributed by atoms with Crippen LogP contribution in [0.4, 0.5) is 4.79 Å². The Kier molecular flexibility index (Phi) is 8.18. The van der Waals surface area contributed by atoms with Crippen LogP contribution in [0.3, 0.4) is 0 Å². The SMILES string of the molecule is COc1ccc(CSCCC(=O)C(=[N+]=[N-])NC(=O)OC(C)(C)C)cc1. The minimum absolute atomic E-state index is 0.135. The van der Waals surface area contributed by atoms with E-state index in [1.807, 2.05) is 24.3 Å². The molecule has 1 N–H and O–H groups in total. The Hall–Kier alpha value is -2.31. The molecule has 0 aliphatic rings. The summed E-state index contributed by atoms with van der Waals surface area (Å²) in [5, 5.41) is 2.16. The van der Waals surface area contributed by atoms with Crippen molar-refractivity contribution in [3.05, 3.63) is 35.4 Å². The molecule has 0 radical (unpaired) electrons. The van der Waals surface area contributed by atoms with Crippen LogP contribution in [0.5, 0.6) is 5.75 Å². The number of ketones is 1. The predicted molar refractivity (Wildman–Crippen MR) is 96.8 cm³/mol. The topological polar surface area (TPSA) is 101 Å². The third-order valence-corrected chi connectivity index (χ3v) is 3.91. The van der Waals surface area contributed by atoms with Gasteiger partial charge in [0.1, 0.15) is 11.4 Å². The van der Waals surface area contributed by atoms with E-state index in [0.717, 1.165) is 17.1 Å². The van der Waals surface area contributed by atoms with Crippen LogP contribution in [0.2, 0.25) is 0 Å². The Balaban J connectivity index is 2.38. The first-order valence-electron chi connectivity index (χ1n) is 7.71. The molecule has 25 heavy (non-hydrogen) atoms. The summed E-state index contributed by atoms with van der Waals surface area (Å²) in [6.45, 7) is 5.08. The molecule has 8 heteroatoms. The molecule has 0 heterocycles. The lowest BCUT2D eigenvalue weighted by Gasteiger charge is -2.16. The number of carbonyl (C=O) groups excluding carboxylic acids is 2. The van der Waals surface area contributed by atoms with Gasteiger partial charge < -0.3 is 19.8 Å². The van der Waals surface area contributed by atoms with Crippen LogP contribution < -0.4 is 10.1 Å². The van der Waals surface area contributed by atoms with Gasteiger partial charge in [-0.05, 0) is 38.5 Å². The lowest BCUT2D eigenvalue weighted by Crippen LogP contribution is -2.40. The van der Waals surface area contributed by atoms with Crippen molar-refractivity contribution in [1.29, 1.82) is 0 Å². The van der Waals surface area contributed by atoms with Gasteiger partial charge in [-0.15, -0.1) is 0 Å². The van der Waals surface area contributed by atoms with Gasteiger partial charge in [-0.3, -0.25) is 4.79 Å². The number of hydrogen-bond donors (Lipinski definition) is 1. The molecule has 1 rings (SSSR count). The molecule has 0 fully saturated rings. The predicted octanol–water partition coefficient (Wildman–Crippen LogP) is 3.04. The highest BCUT2D eigenvalue weighted by atomic mass is 32.2. The summed E-state index contributed by atoms with van der Waals surface area (Å²) in [4.78, 5) is 26.4. The van der Waals surface area contributed by atoms with Crippen molar-refractivity contribution in [2.24, 2.45) is 0 Å². The maximum atomic E-state index is 12.0. The molecule has 0 bridgehead atoms. The van der Waals surface area contributed by atoms with E-state index < -0.39 is 23.3 Å². The van der Waals surface area contributed by atoms with Crippen molar-refractivity contribution >= 4 is 29.5 Å². The lowest BCUT2D eigenvalue weighted by molar-refractivity contribution is -0.117. The normalized spacial score (nSPS) is 10.6. The fourth-order valence-electron chi connectivity index (χ4n) is 1.75. The number of rotatable bonds is 7. The highest BCUT2D eigenvalue weighted by molar-refractivity contribution is 7.98. The minimum Gasteiger partial charge on any atom is -0.497 e. The van der Waals surface area contributed by atoms with Crippen LogP contribution in [0.25, 0.3) is 5.53 Å². The van der Waals surface area contributed by atoms with E-state index in [9.17, 15) is 9.59 Å². The number of thioether (sulfide) groups is 1. The number of amides is 1. The molecule has 0 aliphatic heterocycles. The molecular weight excluding hydrogens is 342 g/mol. The largest absolute Gasteiger partial charge is 0.506 e. The van der Waals surface area contributed by atoms with Crippen LogP contribution in [0, 0.1) is 0 Å². The molecule has 136 valence electrons. The number of nitrogens with one attached hydrogen (secondary N) is 1. The van der Waals surface area contributed by atoms with Crippen LogP contribution in [-0.2, 0) is 15.3 Å². The maximum Gasteiger partial charge on any atom is 0.506 e. The summed E-state index contributed by atoms with van der Waals surface area (Å²) in [5.41, 5.74) is 9.31. The zero-order chi connectivity index (χ0) is 18.9. The van der Waals surface area contributed by atoms with Crippen molar-refractivity contribution in [2.75, 3.05) is 12.9 Å². The maximum absolute atomic E-state index is 12.0. The average molecular weight is 365 g/mol. The summed E-state index contributed by atoms with van der Waals surface area (Å²) in [7, 11) is 1.61. The van der Waals surface area contributed by atoms with E-state index in [-0.39, 0.29) is 6.42 Å². The molecule has 1 aromatic rings. The Morgan fingerprint density at radius 2 is 1.88 bits per heavy atom. The van der Waals surface area contributed by atoms with Crippen LogP contribution in [0.1, 0.15) is 32.8 Å². The Morgan fingerprint density at radius 1 is 1.24 bits per heavy atom. The average Bonchev–Trinajstić information content (AvgIpc) is 2.55. The first kappa shape index (κ1) is 20.7. The smallest absolute Gasteiger partial charge is 0.497 e. The van der Waals surface area contributed by atoms with E-state index in [1.165, 1.54) is 0 Å². The first-order valence-corrected chi connectivity index (χ1v) is 8.86. The molecule has 0 aromatic heterocycles. The highest BCUT2D eigenvalue weighted by Crippen LogP contribution is 2.17. The molecule has 1 aromatic carbocycles. The number of methoxy groups -OCH3 is 1. The molecule has 0 saturated heterocycles. The van der Waals surface area contributed by atoms with Gasteiger partial charge in [-0.1, -0.05) is 12.1 Å². The van der Waals surface area contributed by atoms with Gasteiger partial charge in [0.15, 0.2) is 0 Å². The summed E-state index contributed by atoms with van der Waals surface area (Å²) >= 11 is 1.56. The summed E-state index contributed by atoms with van der Waals surface area (Å²) in [5.74, 6) is 1.18. The van der Waals surface area contributed by atoms with Crippen LogP contribution >= 0.6 is 11.8 Å². The van der Waals surface area contributed by atoms with Crippen LogP contribution in [-0.4, -0.2) is 41.0 Å². The quantitative estimate of drug-likeness (QED) is 0.263. The van der Waals surface area contributed by atoms with E-state index in [1.54, 1.807) is 39.6 Å². The second-order valence-electron chi connectivity index (χ2n) is 6.15. The first-order chi connectivity index (χ1) is 11.7. The van der Waals surface area contributed by atoms with Crippen molar-refractivity contribution in [1.82, 2.24) is 5.32 Å². The number of Topliss-reactive ketones (excluding diaryl/α,β-unsaturated/α-hetero) is 1. The number of ether oxygens (including phenoxy) is 2.